The Bertz CT molecular complexity index is 807. The van der Waals surface area contributed by atoms with E-state index in [1.54, 1.807) is 23.5 Å². The summed E-state index contributed by atoms with van der Waals surface area (Å²) in [6, 6.07) is 9.21. The van der Waals surface area contributed by atoms with Crippen molar-refractivity contribution in [2.75, 3.05) is 18.4 Å². The Kier molecular flexibility index (Phi) is 5.07. The molecular formula is C21H24N2O2S. The number of thiophene rings is 1. The molecule has 26 heavy (non-hydrogen) atoms. The number of anilines is 1. The maximum atomic E-state index is 13.3. The number of likely N-dealkylation sites (tertiary alicyclic amines) is 1. The lowest BCUT2D eigenvalue weighted by molar-refractivity contribution is 0.0724. The van der Waals surface area contributed by atoms with Crippen molar-refractivity contribution in [1.82, 2.24) is 4.90 Å². The van der Waals surface area contributed by atoms with Gasteiger partial charge >= 0.3 is 0 Å². The van der Waals surface area contributed by atoms with Crippen LogP contribution in [0.25, 0.3) is 0 Å². The van der Waals surface area contributed by atoms with Crippen LogP contribution in [0.1, 0.15) is 63.3 Å². The molecule has 1 aliphatic heterocycles. The molecule has 0 atom stereocenters. The summed E-state index contributed by atoms with van der Waals surface area (Å²) in [5, 5.41) is 3.77. The SMILES string of the molecule is O=C(Nc1sc2c(c1C(=O)N1CCCCC1)CCCC2)c1ccccc1. The van der Waals surface area contributed by atoms with Crippen molar-refractivity contribution in [1.29, 1.82) is 0 Å². The molecule has 5 heteroatoms. The second-order valence-corrected chi connectivity index (χ2v) is 8.19. The van der Waals surface area contributed by atoms with Crippen LogP contribution in [-0.4, -0.2) is 29.8 Å². The minimum atomic E-state index is -0.142. The van der Waals surface area contributed by atoms with Gasteiger partial charge in [0, 0.05) is 23.5 Å². The zero-order chi connectivity index (χ0) is 17.9. The molecular weight excluding hydrogens is 344 g/mol. The fraction of sp³-hybridized carbons (Fsp3) is 0.429. The van der Waals surface area contributed by atoms with Crippen molar-refractivity contribution < 1.29 is 9.59 Å². The van der Waals surface area contributed by atoms with E-state index >= 15 is 0 Å². The summed E-state index contributed by atoms with van der Waals surface area (Å²) in [5.41, 5.74) is 2.56. The molecule has 1 aliphatic carbocycles. The molecule has 2 aliphatic rings. The van der Waals surface area contributed by atoms with E-state index in [0.717, 1.165) is 62.2 Å². The molecule has 2 amide bonds. The predicted molar refractivity (Wildman–Crippen MR) is 105 cm³/mol. The van der Waals surface area contributed by atoms with E-state index in [4.69, 9.17) is 0 Å². The highest BCUT2D eigenvalue weighted by molar-refractivity contribution is 7.17. The molecule has 4 nitrogen and oxygen atoms in total. The van der Waals surface area contributed by atoms with Gasteiger partial charge in [0.05, 0.1) is 5.56 Å². The molecule has 0 saturated carbocycles. The summed E-state index contributed by atoms with van der Waals surface area (Å²) < 4.78 is 0. The van der Waals surface area contributed by atoms with Gasteiger partial charge in [-0.15, -0.1) is 11.3 Å². The van der Waals surface area contributed by atoms with E-state index in [1.165, 1.54) is 16.9 Å². The number of nitrogens with one attached hydrogen (secondary N) is 1. The molecule has 0 bridgehead atoms. The van der Waals surface area contributed by atoms with Gasteiger partial charge in [0.15, 0.2) is 0 Å². The number of aryl methyl sites for hydroxylation is 1. The van der Waals surface area contributed by atoms with Gasteiger partial charge in [-0.1, -0.05) is 18.2 Å². The topological polar surface area (TPSA) is 49.4 Å². The Morgan fingerprint density at radius 3 is 2.42 bits per heavy atom. The van der Waals surface area contributed by atoms with Crippen LogP contribution in [0.4, 0.5) is 5.00 Å². The zero-order valence-corrected chi connectivity index (χ0v) is 15.7. The normalized spacial score (nSPS) is 16.8. The Morgan fingerprint density at radius 2 is 1.65 bits per heavy atom. The Morgan fingerprint density at radius 1 is 0.923 bits per heavy atom. The summed E-state index contributed by atoms with van der Waals surface area (Å²) in [7, 11) is 0. The van der Waals surface area contributed by atoms with Crippen LogP contribution in [0.3, 0.4) is 0 Å². The van der Waals surface area contributed by atoms with Gasteiger partial charge in [0.2, 0.25) is 0 Å². The minimum absolute atomic E-state index is 0.104. The maximum Gasteiger partial charge on any atom is 0.257 e. The standard InChI is InChI=1S/C21H24N2O2S/c24-19(15-9-3-1-4-10-15)22-20-18(16-11-5-6-12-17(16)26-20)21(25)23-13-7-2-8-14-23/h1,3-4,9-10H,2,5-8,11-14H2,(H,22,24). The van der Waals surface area contributed by atoms with Gasteiger partial charge in [-0.2, -0.15) is 0 Å². The van der Waals surface area contributed by atoms with Crippen LogP contribution < -0.4 is 5.32 Å². The number of piperidine rings is 1. The van der Waals surface area contributed by atoms with E-state index in [0.29, 0.717) is 5.56 Å². The molecule has 1 N–H and O–H groups in total. The number of amides is 2. The molecule has 1 saturated heterocycles. The largest absolute Gasteiger partial charge is 0.339 e. The lowest BCUT2D eigenvalue weighted by atomic mass is 9.94. The molecule has 0 unspecified atom stereocenters. The molecule has 1 aromatic heterocycles. The molecule has 136 valence electrons. The first-order valence-corrected chi connectivity index (χ1v) is 10.4. The summed E-state index contributed by atoms with van der Waals surface area (Å²) in [6.07, 6.45) is 7.59. The van der Waals surface area contributed by atoms with Crippen molar-refractivity contribution in [3.8, 4) is 0 Å². The van der Waals surface area contributed by atoms with Crippen LogP contribution in [0.5, 0.6) is 0 Å². The summed E-state index contributed by atoms with van der Waals surface area (Å²) in [5.74, 6) is -0.0376. The first kappa shape index (κ1) is 17.3. The zero-order valence-electron chi connectivity index (χ0n) is 14.9. The Labute approximate surface area is 158 Å². The number of carbonyl (C=O) groups is 2. The van der Waals surface area contributed by atoms with Gasteiger partial charge < -0.3 is 10.2 Å². The van der Waals surface area contributed by atoms with Crippen LogP contribution in [0.2, 0.25) is 0 Å². The number of fused-ring (bicyclic) bond motifs is 1. The first-order valence-electron chi connectivity index (χ1n) is 9.54. The third-order valence-electron chi connectivity index (χ3n) is 5.29. The number of benzene rings is 1. The number of hydrogen-bond donors (Lipinski definition) is 1. The number of nitrogens with zero attached hydrogens (tertiary/aromatic N) is 1. The molecule has 2 aromatic rings. The van der Waals surface area contributed by atoms with Crippen molar-refractivity contribution >= 4 is 28.2 Å². The van der Waals surface area contributed by atoms with Gasteiger partial charge in [0.25, 0.3) is 11.8 Å². The first-order chi connectivity index (χ1) is 12.7. The van der Waals surface area contributed by atoms with Gasteiger partial charge in [-0.25, -0.2) is 0 Å². The Balaban J connectivity index is 1.66. The van der Waals surface area contributed by atoms with Crippen LogP contribution >= 0.6 is 11.3 Å². The van der Waals surface area contributed by atoms with Crippen LogP contribution in [0.15, 0.2) is 30.3 Å². The van der Waals surface area contributed by atoms with E-state index in [2.05, 4.69) is 5.32 Å². The highest BCUT2D eigenvalue weighted by atomic mass is 32.1. The fourth-order valence-corrected chi connectivity index (χ4v) is 5.18. The molecule has 2 heterocycles. The van der Waals surface area contributed by atoms with Crippen molar-refractivity contribution in [3.63, 3.8) is 0 Å². The second-order valence-electron chi connectivity index (χ2n) is 7.09. The van der Waals surface area contributed by atoms with E-state index in [1.807, 2.05) is 23.1 Å². The van der Waals surface area contributed by atoms with Crippen molar-refractivity contribution in [2.24, 2.45) is 0 Å². The molecule has 0 spiro atoms. The van der Waals surface area contributed by atoms with E-state index in [-0.39, 0.29) is 11.8 Å². The summed E-state index contributed by atoms with van der Waals surface area (Å²) in [6.45, 7) is 1.66. The lowest BCUT2D eigenvalue weighted by Gasteiger charge is -2.27. The lowest BCUT2D eigenvalue weighted by Crippen LogP contribution is -2.36. The summed E-state index contributed by atoms with van der Waals surface area (Å²) >= 11 is 1.60. The van der Waals surface area contributed by atoms with Crippen LogP contribution in [-0.2, 0) is 12.8 Å². The monoisotopic (exact) mass is 368 g/mol. The molecule has 1 fully saturated rings. The minimum Gasteiger partial charge on any atom is -0.339 e. The highest BCUT2D eigenvalue weighted by Gasteiger charge is 2.29. The maximum absolute atomic E-state index is 13.3. The quantitative estimate of drug-likeness (QED) is 0.867. The average molecular weight is 369 g/mol. The molecule has 1 aromatic carbocycles. The second kappa shape index (κ2) is 7.62. The number of carbonyl (C=O) groups excluding carboxylic acids is 2. The van der Waals surface area contributed by atoms with Crippen LogP contribution in [0, 0.1) is 0 Å². The Hall–Kier alpha value is -2.14. The molecule has 4 rings (SSSR count). The number of rotatable bonds is 3. The van der Waals surface area contributed by atoms with Gasteiger partial charge in [-0.05, 0) is 62.6 Å². The summed E-state index contributed by atoms with van der Waals surface area (Å²) in [4.78, 5) is 29.2. The van der Waals surface area contributed by atoms with Gasteiger partial charge in [-0.3, -0.25) is 9.59 Å². The predicted octanol–water partition coefficient (Wildman–Crippen LogP) is 4.51. The smallest absolute Gasteiger partial charge is 0.257 e. The van der Waals surface area contributed by atoms with E-state index in [9.17, 15) is 9.59 Å². The van der Waals surface area contributed by atoms with Crippen molar-refractivity contribution in [3.05, 3.63) is 51.9 Å². The third-order valence-corrected chi connectivity index (χ3v) is 6.50. The van der Waals surface area contributed by atoms with Gasteiger partial charge in [0.1, 0.15) is 5.00 Å². The molecule has 0 radical (unpaired) electrons. The van der Waals surface area contributed by atoms with E-state index < -0.39 is 0 Å². The van der Waals surface area contributed by atoms with Crippen molar-refractivity contribution in [2.45, 2.75) is 44.9 Å². The average Bonchev–Trinajstić information content (AvgIpc) is 3.06. The highest BCUT2D eigenvalue weighted by Crippen LogP contribution is 2.39. The number of hydrogen-bond acceptors (Lipinski definition) is 3. The third kappa shape index (κ3) is 3.40. The fourth-order valence-electron chi connectivity index (χ4n) is 3.90.